The van der Waals surface area contributed by atoms with Gasteiger partial charge in [0, 0.05) is 29.7 Å². The van der Waals surface area contributed by atoms with Gasteiger partial charge in [0.25, 0.3) is 0 Å². The third-order valence-corrected chi connectivity index (χ3v) is 5.83. The van der Waals surface area contributed by atoms with E-state index in [9.17, 15) is 4.79 Å². The molecule has 0 aliphatic heterocycles. The van der Waals surface area contributed by atoms with Crippen LogP contribution in [0.5, 0.6) is 0 Å². The van der Waals surface area contributed by atoms with Crippen molar-refractivity contribution in [3.8, 4) is 0 Å². The number of nitrogens with two attached hydrogens (primary N) is 1. The van der Waals surface area contributed by atoms with E-state index in [1.807, 2.05) is 6.07 Å². The van der Waals surface area contributed by atoms with Crippen LogP contribution in [-0.2, 0) is 17.8 Å². The zero-order valence-electron chi connectivity index (χ0n) is 16.1. The zero-order valence-corrected chi connectivity index (χ0v) is 16.1. The molecule has 0 unspecified atom stereocenters. The molecule has 4 rings (SSSR count). The molecule has 1 saturated carbocycles. The number of nitrogens with zero attached hydrogens (tertiary/aromatic N) is 2. The second-order valence-electron chi connectivity index (χ2n) is 7.98. The van der Waals surface area contributed by atoms with Gasteiger partial charge in [0.2, 0.25) is 5.91 Å². The van der Waals surface area contributed by atoms with Gasteiger partial charge in [-0.2, -0.15) is 0 Å². The molecule has 140 valence electrons. The van der Waals surface area contributed by atoms with E-state index in [1.54, 1.807) is 0 Å². The van der Waals surface area contributed by atoms with Gasteiger partial charge in [-0.1, -0.05) is 36.4 Å². The first kappa shape index (κ1) is 17.8. The molecule has 2 aromatic carbocycles. The fraction of sp³-hybridized carbons (Fsp3) is 0.348. The summed E-state index contributed by atoms with van der Waals surface area (Å²) < 4.78 is 2.34. The Hall–Kier alpha value is -2.59. The smallest absolute Gasteiger partial charge is 0.221 e. The van der Waals surface area contributed by atoms with E-state index < -0.39 is 0 Å². The van der Waals surface area contributed by atoms with Crippen LogP contribution in [0.3, 0.4) is 0 Å². The minimum Gasteiger partial charge on any atom is -0.369 e. The highest BCUT2D eigenvalue weighted by atomic mass is 16.1. The molecule has 0 saturated heterocycles. The van der Waals surface area contributed by atoms with Gasteiger partial charge in [-0.15, -0.1) is 0 Å². The van der Waals surface area contributed by atoms with Crippen molar-refractivity contribution in [3.05, 3.63) is 71.4 Å². The lowest BCUT2D eigenvalue weighted by molar-refractivity contribution is -0.117. The summed E-state index contributed by atoms with van der Waals surface area (Å²) in [6.45, 7) is 0.857. The Balaban J connectivity index is 1.72. The van der Waals surface area contributed by atoms with E-state index in [4.69, 9.17) is 5.73 Å². The minimum atomic E-state index is -0.282. The van der Waals surface area contributed by atoms with Gasteiger partial charge in [0.05, 0.1) is 6.42 Å². The number of rotatable bonds is 6. The van der Waals surface area contributed by atoms with Gasteiger partial charge in [0.1, 0.15) is 0 Å². The minimum absolute atomic E-state index is 0.282. The van der Waals surface area contributed by atoms with E-state index >= 15 is 0 Å². The first-order valence-corrected chi connectivity index (χ1v) is 9.61. The molecule has 0 bridgehead atoms. The number of primary amides is 1. The average molecular weight is 361 g/mol. The van der Waals surface area contributed by atoms with E-state index in [-0.39, 0.29) is 5.91 Å². The maximum Gasteiger partial charge on any atom is 0.221 e. The number of fused-ring (bicyclic) bond motifs is 1. The molecule has 0 atom stereocenters. The monoisotopic (exact) mass is 361 g/mol. The van der Waals surface area contributed by atoms with Gasteiger partial charge in [-0.25, -0.2) is 0 Å². The van der Waals surface area contributed by atoms with Crippen LogP contribution in [0.2, 0.25) is 0 Å². The number of carbonyl (C=O) groups is 1. The molecule has 1 aromatic heterocycles. The molecule has 1 aliphatic carbocycles. The van der Waals surface area contributed by atoms with Crippen LogP contribution < -0.4 is 5.73 Å². The van der Waals surface area contributed by atoms with Crippen molar-refractivity contribution in [2.24, 2.45) is 5.73 Å². The van der Waals surface area contributed by atoms with Crippen LogP contribution >= 0.6 is 0 Å². The first-order valence-electron chi connectivity index (χ1n) is 9.61. The Kier molecular flexibility index (Phi) is 4.75. The second kappa shape index (κ2) is 7.20. The number of carbonyl (C=O) groups excluding carboxylic acids is 1. The summed E-state index contributed by atoms with van der Waals surface area (Å²) in [5.41, 5.74) is 10.3. The summed E-state index contributed by atoms with van der Waals surface area (Å²) in [4.78, 5) is 13.7. The molecule has 1 amide bonds. The van der Waals surface area contributed by atoms with E-state index in [0.29, 0.717) is 18.4 Å². The van der Waals surface area contributed by atoms with Crippen molar-refractivity contribution in [3.63, 3.8) is 0 Å². The lowest BCUT2D eigenvalue weighted by Crippen LogP contribution is -2.39. The summed E-state index contributed by atoms with van der Waals surface area (Å²) in [6, 6.07) is 17.5. The van der Waals surface area contributed by atoms with Crippen molar-refractivity contribution in [2.45, 2.75) is 37.8 Å². The van der Waals surface area contributed by atoms with Gasteiger partial charge in [-0.3, -0.25) is 4.79 Å². The maximum atomic E-state index is 11.4. The summed E-state index contributed by atoms with van der Waals surface area (Å²) in [5, 5.41) is 1.27. The lowest BCUT2D eigenvalue weighted by atomic mass is 9.75. The Morgan fingerprint density at radius 3 is 2.52 bits per heavy atom. The highest BCUT2D eigenvalue weighted by molar-refractivity contribution is 5.87. The molecule has 0 spiro atoms. The lowest BCUT2D eigenvalue weighted by Gasteiger charge is -2.39. The topological polar surface area (TPSA) is 51.3 Å². The predicted molar refractivity (Wildman–Crippen MR) is 110 cm³/mol. The fourth-order valence-electron chi connectivity index (χ4n) is 4.18. The van der Waals surface area contributed by atoms with E-state index in [0.717, 1.165) is 12.1 Å². The van der Waals surface area contributed by atoms with Crippen molar-refractivity contribution in [2.75, 3.05) is 14.1 Å². The van der Waals surface area contributed by atoms with Crippen LogP contribution in [0.15, 0.2) is 54.7 Å². The summed E-state index contributed by atoms with van der Waals surface area (Å²) in [7, 11) is 4.31. The predicted octanol–water partition coefficient (Wildman–Crippen LogP) is 3.53. The van der Waals surface area contributed by atoms with Crippen LogP contribution in [0.1, 0.15) is 35.4 Å². The van der Waals surface area contributed by atoms with Gasteiger partial charge < -0.3 is 15.2 Å². The highest BCUT2D eigenvalue weighted by Gasteiger charge is 2.33. The molecule has 2 N–H and O–H groups in total. The molecule has 3 aromatic rings. The first-order chi connectivity index (χ1) is 13.0. The number of aromatic nitrogens is 1. The van der Waals surface area contributed by atoms with Gasteiger partial charge in [-0.05, 0) is 61.7 Å². The van der Waals surface area contributed by atoms with Crippen molar-refractivity contribution < 1.29 is 4.79 Å². The second-order valence-corrected chi connectivity index (χ2v) is 7.98. The van der Waals surface area contributed by atoms with Gasteiger partial charge in [0.15, 0.2) is 0 Å². The molecule has 1 fully saturated rings. The standard InChI is InChI=1S/C23H27N3O/c1-25(2)19-12-18(13-19)21-15-26(14-16-6-4-3-5-7-16)22-9-8-17(10-20(21)22)11-23(24)27/h3-10,15,18-19H,11-14H2,1-2H3,(H2,24,27). The third kappa shape index (κ3) is 3.62. The van der Waals surface area contributed by atoms with Crippen molar-refractivity contribution in [1.82, 2.24) is 9.47 Å². The Labute approximate surface area is 160 Å². The van der Waals surface area contributed by atoms with Gasteiger partial charge >= 0.3 is 0 Å². The average Bonchev–Trinajstić information content (AvgIpc) is 2.91. The van der Waals surface area contributed by atoms with E-state index in [2.05, 4.69) is 72.2 Å². The van der Waals surface area contributed by atoms with Crippen LogP contribution in [0, 0.1) is 0 Å². The van der Waals surface area contributed by atoms with Crippen molar-refractivity contribution >= 4 is 16.8 Å². The molecule has 0 radical (unpaired) electrons. The van der Waals surface area contributed by atoms with Crippen LogP contribution in [0.25, 0.3) is 10.9 Å². The summed E-state index contributed by atoms with van der Waals surface area (Å²) in [5.74, 6) is 0.302. The molecular weight excluding hydrogens is 334 g/mol. The number of benzene rings is 2. The molecule has 4 nitrogen and oxygen atoms in total. The SMILES string of the molecule is CN(C)C1CC(c2cn(Cc3ccccc3)c3ccc(CC(N)=O)cc23)C1. The molecule has 27 heavy (non-hydrogen) atoms. The maximum absolute atomic E-state index is 11.4. The summed E-state index contributed by atoms with van der Waals surface area (Å²) in [6.07, 6.45) is 5.00. The van der Waals surface area contributed by atoms with Crippen LogP contribution in [-0.4, -0.2) is 35.5 Å². The molecule has 1 aliphatic rings. The summed E-state index contributed by atoms with van der Waals surface area (Å²) >= 11 is 0. The fourth-order valence-corrected chi connectivity index (χ4v) is 4.18. The molecular formula is C23H27N3O. The zero-order chi connectivity index (χ0) is 19.0. The highest BCUT2D eigenvalue weighted by Crippen LogP contribution is 2.42. The number of hydrogen-bond donors (Lipinski definition) is 1. The van der Waals surface area contributed by atoms with E-state index in [1.165, 1.54) is 34.9 Å². The molecule has 4 heteroatoms. The Bertz CT molecular complexity index is 952. The Morgan fingerprint density at radius 2 is 1.85 bits per heavy atom. The largest absolute Gasteiger partial charge is 0.369 e. The number of hydrogen-bond acceptors (Lipinski definition) is 2. The molecule has 1 heterocycles. The quantitative estimate of drug-likeness (QED) is 0.730. The van der Waals surface area contributed by atoms with Crippen molar-refractivity contribution in [1.29, 1.82) is 0 Å². The Morgan fingerprint density at radius 1 is 1.11 bits per heavy atom. The number of amides is 1. The third-order valence-electron chi connectivity index (χ3n) is 5.83. The van der Waals surface area contributed by atoms with Crippen LogP contribution in [0.4, 0.5) is 0 Å². The normalized spacial score (nSPS) is 19.4.